The third-order valence-electron chi connectivity index (χ3n) is 4.43. The van der Waals surface area contributed by atoms with Crippen LogP contribution in [0.4, 0.5) is 24.9 Å². The van der Waals surface area contributed by atoms with Crippen molar-refractivity contribution in [1.29, 1.82) is 0 Å². The quantitative estimate of drug-likeness (QED) is 0.853. The topological polar surface area (TPSA) is 86.0 Å². The van der Waals surface area contributed by atoms with E-state index in [1.165, 1.54) is 6.20 Å². The van der Waals surface area contributed by atoms with Gasteiger partial charge in [-0.3, -0.25) is 0 Å². The summed E-state index contributed by atoms with van der Waals surface area (Å²) in [5.41, 5.74) is 4.51. The molecule has 0 spiro atoms. The van der Waals surface area contributed by atoms with Crippen LogP contribution in [-0.2, 0) is 10.9 Å². The molecule has 0 unspecified atom stereocenters. The van der Waals surface area contributed by atoms with Crippen LogP contribution in [0, 0.1) is 0 Å². The summed E-state index contributed by atoms with van der Waals surface area (Å²) >= 11 is 0. The summed E-state index contributed by atoms with van der Waals surface area (Å²) in [5, 5.41) is 3.24. The number of halogens is 3. The monoisotopic (exact) mass is 369 g/mol. The van der Waals surface area contributed by atoms with Gasteiger partial charge in [0.1, 0.15) is 11.4 Å². The van der Waals surface area contributed by atoms with Gasteiger partial charge in [-0.2, -0.15) is 13.2 Å². The molecule has 26 heavy (non-hydrogen) atoms. The molecular formula is C17H22F3N5O. The molecule has 3 rings (SSSR count). The summed E-state index contributed by atoms with van der Waals surface area (Å²) in [6.45, 7) is 4.01. The van der Waals surface area contributed by atoms with E-state index in [2.05, 4.69) is 20.3 Å². The zero-order valence-corrected chi connectivity index (χ0v) is 14.7. The molecule has 0 radical (unpaired) electrons. The van der Waals surface area contributed by atoms with Gasteiger partial charge in [0.25, 0.3) is 0 Å². The van der Waals surface area contributed by atoms with Crippen molar-refractivity contribution in [2.45, 2.75) is 64.0 Å². The highest BCUT2D eigenvalue weighted by Crippen LogP contribution is 2.35. The minimum absolute atomic E-state index is 0.0223. The lowest BCUT2D eigenvalue weighted by atomic mass is 9.93. The van der Waals surface area contributed by atoms with Gasteiger partial charge >= 0.3 is 6.18 Å². The minimum Gasteiger partial charge on any atom is -0.383 e. The van der Waals surface area contributed by atoms with Crippen molar-refractivity contribution in [1.82, 2.24) is 15.0 Å². The molecule has 0 saturated heterocycles. The molecule has 9 heteroatoms. The van der Waals surface area contributed by atoms with Crippen LogP contribution in [0.3, 0.4) is 0 Å². The Morgan fingerprint density at radius 3 is 2.46 bits per heavy atom. The van der Waals surface area contributed by atoms with E-state index in [9.17, 15) is 13.2 Å². The highest BCUT2D eigenvalue weighted by Gasteiger charge is 2.34. The summed E-state index contributed by atoms with van der Waals surface area (Å²) in [5.74, 6) is 0.146. The number of aromatic nitrogens is 3. The minimum atomic E-state index is -4.56. The van der Waals surface area contributed by atoms with Gasteiger partial charge in [0.2, 0.25) is 5.95 Å². The molecule has 1 fully saturated rings. The van der Waals surface area contributed by atoms with Gasteiger partial charge in [0, 0.05) is 18.4 Å². The highest BCUT2D eigenvalue weighted by molar-refractivity contribution is 5.90. The van der Waals surface area contributed by atoms with E-state index in [0.717, 1.165) is 25.7 Å². The van der Waals surface area contributed by atoms with E-state index in [-0.39, 0.29) is 40.9 Å². The molecule has 1 aliphatic carbocycles. The van der Waals surface area contributed by atoms with E-state index in [4.69, 9.17) is 10.5 Å². The zero-order chi connectivity index (χ0) is 18.9. The van der Waals surface area contributed by atoms with Gasteiger partial charge in [-0.05, 0) is 39.5 Å². The lowest BCUT2D eigenvalue weighted by molar-refractivity contribution is -0.136. The zero-order valence-electron chi connectivity index (χ0n) is 14.7. The van der Waals surface area contributed by atoms with Crippen molar-refractivity contribution >= 4 is 22.7 Å². The van der Waals surface area contributed by atoms with Crippen molar-refractivity contribution in [2.24, 2.45) is 0 Å². The van der Waals surface area contributed by atoms with E-state index >= 15 is 0 Å². The number of anilines is 2. The number of pyridine rings is 1. The Hall–Kier alpha value is -2.16. The number of fused-ring (bicyclic) bond motifs is 1. The van der Waals surface area contributed by atoms with Crippen LogP contribution in [0.5, 0.6) is 0 Å². The summed E-state index contributed by atoms with van der Waals surface area (Å²) < 4.78 is 45.4. The second-order valence-electron chi connectivity index (χ2n) is 6.81. The smallest absolute Gasteiger partial charge is 0.383 e. The molecule has 0 amide bonds. The number of hydrogen-bond acceptors (Lipinski definition) is 6. The number of nitrogen functional groups attached to an aromatic ring is 1. The van der Waals surface area contributed by atoms with Gasteiger partial charge < -0.3 is 15.8 Å². The van der Waals surface area contributed by atoms with Crippen molar-refractivity contribution < 1.29 is 17.9 Å². The fourth-order valence-corrected chi connectivity index (χ4v) is 3.23. The van der Waals surface area contributed by atoms with E-state index < -0.39 is 11.7 Å². The molecule has 0 aromatic carbocycles. The second kappa shape index (κ2) is 7.22. The number of ether oxygens (including phenoxy) is 1. The predicted octanol–water partition coefficient (Wildman–Crippen LogP) is 3.77. The standard InChI is InChI=1S/C17H22F3N5O/c1-9(2)26-11-5-3-10(4-6-11)24-16-23-7-12-14(25-16)13(17(18,19)20)8-22-15(12)21/h7-11H,3-6H2,1-2H3,(H2,21,22)(H,23,24,25). The molecule has 1 aliphatic rings. The average Bonchev–Trinajstić information content (AvgIpc) is 2.55. The van der Waals surface area contributed by atoms with Crippen LogP contribution in [-0.4, -0.2) is 33.2 Å². The van der Waals surface area contributed by atoms with Crippen LogP contribution in [0.1, 0.15) is 45.1 Å². The Morgan fingerprint density at radius 2 is 1.85 bits per heavy atom. The predicted molar refractivity (Wildman–Crippen MR) is 92.6 cm³/mol. The normalized spacial score (nSPS) is 21.3. The second-order valence-corrected chi connectivity index (χ2v) is 6.81. The SMILES string of the molecule is CC(C)OC1CCC(Nc2ncc3c(N)ncc(C(F)(F)F)c3n2)CC1. The molecule has 1 saturated carbocycles. The highest BCUT2D eigenvalue weighted by atomic mass is 19.4. The molecule has 2 heterocycles. The Morgan fingerprint density at radius 1 is 1.15 bits per heavy atom. The summed E-state index contributed by atoms with van der Waals surface area (Å²) in [6, 6.07) is 0.105. The number of nitrogens with one attached hydrogen (secondary N) is 1. The summed E-state index contributed by atoms with van der Waals surface area (Å²) in [4.78, 5) is 11.8. The molecule has 2 aromatic heterocycles. The van der Waals surface area contributed by atoms with Gasteiger partial charge in [-0.25, -0.2) is 15.0 Å². The van der Waals surface area contributed by atoms with Gasteiger partial charge in [-0.15, -0.1) is 0 Å². The van der Waals surface area contributed by atoms with Gasteiger partial charge in [-0.1, -0.05) is 0 Å². The van der Waals surface area contributed by atoms with E-state index in [1.807, 2.05) is 13.8 Å². The average molecular weight is 369 g/mol. The first-order valence-electron chi connectivity index (χ1n) is 8.64. The van der Waals surface area contributed by atoms with Crippen molar-refractivity contribution in [3.05, 3.63) is 18.0 Å². The third-order valence-corrected chi connectivity index (χ3v) is 4.43. The molecule has 6 nitrogen and oxygen atoms in total. The van der Waals surface area contributed by atoms with Gasteiger partial charge in [0.05, 0.1) is 23.1 Å². The first-order valence-corrected chi connectivity index (χ1v) is 8.64. The largest absolute Gasteiger partial charge is 0.419 e. The van der Waals surface area contributed by atoms with Crippen LogP contribution >= 0.6 is 0 Å². The van der Waals surface area contributed by atoms with E-state index in [1.54, 1.807) is 0 Å². The lowest BCUT2D eigenvalue weighted by Crippen LogP contribution is -2.31. The molecule has 2 aromatic rings. The first-order chi connectivity index (χ1) is 12.2. The Kier molecular flexibility index (Phi) is 5.17. The van der Waals surface area contributed by atoms with Crippen LogP contribution in [0.25, 0.3) is 10.9 Å². The number of alkyl halides is 3. The molecule has 3 N–H and O–H groups in total. The van der Waals surface area contributed by atoms with Gasteiger partial charge in [0.15, 0.2) is 0 Å². The summed E-state index contributed by atoms with van der Waals surface area (Å²) in [7, 11) is 0. The fraction of sp³-hybridized carbons (Fsp3) is 0.588. The van der Waals surface area contributed by atoms with Crippen LogP contribution < -0.4 is 11.1 Å². The molecule has 0 bridgehead atoms. The summed E-state index contributed by atoms with van der Waals surface area (Å²) in [6.07, 6.45) is 1.35. The molecular weight excluding hydrogens is 347 g/mol. The molecule has 142 valence electrons. The number of nitrogens with zero attached hydrogens (tertiary/aromatic N) is 3. The van der Waals surface area contributed by atoms with Crippen molar-refractivity contribution in [3.8, 4) is 0 Å². The molecule has 0 aliphatic heterocycles. The maximum atomic E-state index is 13.2. The molecule has 0 atom stereocenters. The first kappa shape index (κ1) is 18.6. The number of rotatable bonds is 4. The Balaban J connectivity index is 1.77. The third kappa shape index (κ3) is 4.14. The number of hydrogen-bond donors (Lipinski definition) is 2. The van der Waals surface area contributed by atoms with E-state index in [0.29, 0.717) is 6.20 Å². The Labute approximate surface area is 149 Å². The Bertz CT molecular complexity index is 773. The maximum absolute atomic E-state index is 13.2. The van der Waals surface area contributed by atoms with Crippen molar-refractivity contribution in [2.75, 3.05) is 11.1 Å². The number of nitrogens with two attached hydrogens (primary N) is 1. The lowest BCUT2D eigenvalue weighted by Gasteiger charge is -2.30. The van der Waals surface area contributed by atoms with Crippen LogP contribution in [0.15, 0.2) is 12.4 Å². The fourth-order valence-electron chi connectivity index (χ4n) is 3.23. The van der Waals surface area contributed by atoms with Crippen LogP contribution in [0.2, 0.25) is 0 Å². The maximum Gasteiger partial charge on any atom is 0.419 e. The van der Waals surface area contributed by atoms with Crippen molar-refractivity contribution in [3.63, 3.8) is 0 Å².